The van der Waals surface area contributed by atoms with Gasteiger partial charge in [-0.15, -0.1) is 10.2 Å². The normalized spacial score (nSPS) is 11.1. The lowest BCUT2D eigenvalue weighted by atomic mass is 10.1. The zero-order valence-corrected chi connectivity index (χ0v) is 21.0. The topological polar surface area (TPSA) is 115 Å². The summed E-state index contributed by atoms with van der Waals surface area (Å²) in [4.78, 5) is 22.9. The van der Waals surface area contributed by atoms with Crippen LogP contribution in [0.5, 0.6) is 0 Å². The number of carbonyl (C=O) groups excluding carboxylic acids is 1. The number of rotatable bonds is 8. The van der Waals surface area contributed by atoms with Crippen LogP contribution in [0.4, 0.5) is 5.69 Å². The van der Waals surface area contributed by atoms with Gasteiger partial charge in [-0.05, 0) is 32.0 Å². The summed E-state index contributed by atoms with van der Waals surface area (Å²) < 4.78 is 1.91. The fraction of sp³-hybridized carbons (Fsp3) is 0.120. The average Bonchev–Trinajstić information content (AvgIpc) is 3.28. The monoisotopic (exact) mass is 520 g/mol. The number of carbonyl (C=O) groups is 1. The Morgan fingerprint density at radius 1 is 1.08 bits per heavy atom. The summed E-state index contributed by atoms with van der Waals surface area (Å²) in [5.41, 5.74) is 6.68. The summed E-state index contributed by atoms with van der Waals surface area (Å²) >= 11 is 7.04. The molecule has 0 saturated heterocycles. The second kappa shape index (κ2) is 11.1. The van der Waals surface area contributed by atoms with Crippen molar-refractivity contribution in [2.45, 2.75) is 19.0 Å². The van der Waals surface area contributed by atoms with E-state index in [0.717, 1.165) is 22.4 Å². The Morgan fingerprint density at radius 2 is 1.75 bits per heavy atom. The first kappa shape index (κ1) is 25.1. The molecule has 9 nitrogen and oxygen atoms in total. The van der Waals surface area contributed by atoms with E-state index in [0.29, 0.717) is 16.5 Å². The van der Waals surface area contributed by atoms with Crippen LogP contribution in [0.15, 0.2) is 77.0 Å². The first-order valence-electron chi connectivity index (χ1n) is 10.8. The summed E-state index contributed by atoms with van der Waals surface area (Å²) in [6.07, 6.45) is 1.32. The van der Waals surface area contributed by atoms with Crippen molar-refractivity contribution in [2.75, 3.05) is 5.75 Å². The van der Waals surface area contributed by atoms with Gasteiger partial charge in [-0.3, -0.25) is 19.5 Å². The van der Waals surface area contributed by atoms with Gasteiger partial charge in [0.15, 0.2) is 11.0 Å². The molecule has 1 N–H and O–H groups in total. The highest BCUT2D eigenvalue weighted by Gasteiger charge is 2.17. The average molecular weight is 521 g/mol. The largest absolute Gasteiger partial charge is 0.288 e. The van der Waals surface area contributed by atoms with Crippen LogP contribution in [0.2, 0.25) is 5.02 Å². The maximum Gasteiger partial charge on any atom is 0.288 e. The van der Waals surface area contributed by atoms with E-state index in [1.165, 1.54) is 30.1 Å². The first-order valence-corrected chi connectivity index (χ1v) is 12.2. The van der Waals surface area contributed by atoms with Crippen molar-refractivity contribution in [3.63, 3.8) is 0 Å². The number of nitrogens with zero attached hydrogens (tertiary/aromatic N) is 5. The fourth-order valence-electron chi connectivity index (χ4n) is 3.27. The molecule has 0 aliphatic carbocycles. The molecule has 0 aliphatic rings. The number of nitrogens with one attached hydrogen (secondary N) is 1. The van der Waals surface area contributed by atoms with Crippen molar-refractivity contribution in [3.05, 3.63) is 98.6 Å². The molecule has 0 spiro atoms. The lowest BCUT2D eigenvalue weighted by Gasteiger charge is -2.11. The van der Waals surface area contributed by atoms with E-state index in [1.807, 2.05) is 66.9 Å². The number of amides is 1. The summed E-state index contributed by atoms with van der Waals surface area (Å²) in [5.74, 6) is 0.342. The van der Waals surface area contributed by atoms with Crippen molar-refractivity contribution < 1.29 is 9.72 Å². The molecule has 11 heteroatoms. The summed E-state index contributed by atoms with van der Waals surface area (Å²) in [6.45, 7) is 4.03. The van der Waals surface area contributed by atoms with Crippen molar-refractivity contribution in [1.82, 2.24) is 20.2 Å². The predicted molar refractivity (Wildman–Crippen MR) is 141 cm³/mol. The summed E-state index contributed by atoms with van der Waals surface area (Å²) in [6, 6.07) is 20.2. The summed E-state index contributed by atoms with van der Waals surface area (Å²) in [5, 5.41) is 24.2. The van der Waals surface area contributed by atoms with Crippen LogP contribution >= 0.6 is 23.4 Å². The molecule has 4 rings (SSSR count). The van der Waals surface area contributed by atoms with Crippen LogP contribution in [-0.4, -0.2) is 37.6 Å². The number of hydrogen-bond acceptors (Lipinski definition) is 7. The van der Waals surface area contributed by atoms with E-state index >= 15 is 0 Å². The Bertz CT molecular complexity index is 1440. The molecule has 1 heterocycles. The third-order valence-corrected chi connectivity index (χ3v) is 6.39. The van der Waals surface area contributed by atoms with Crippen molar-refractivity contribution in [2.24, 2.45) is 5.10 Å². The van der Waals surface area contributed by atoms with Crippen LogP contribution in [0.3, 0.4) is 0 Å². The zero-order chi connectivity index (χ0) is 25.7. The highest BCUT2D eigenvalue weighted by atomic mass is 35.5. The number of benzene rings is 3. The van der Waals surface area contributed by atoms with E-state index in [4.69, 9.17) is 11.6 Å². The second-order valence-corrected chi connectivity index (χ2v) is 9.24. The van der Waals surface area contributed by atoms with E-state index in [9.17, 15) is 14.9 Å². The molecule has 0 radical (unpaired) electrons. The Labute approximate surface area is 216 Å². The Morgan fingerprint density at radius 3 is 2.42 bits per heavy atom. The molecule has 0 aliphatic heterocycles. The number of hydrogen-bond donors (Lipinski definition) is 1. The quantitative estimate of drug-likeness (QED) is 0.145. The Balaban J connectivity index is 1.49. The number of aryl methyl sites for hydroxylation is 2. The molecule has 0 saturated carbocycles. The molecule has 0 bridgehead atoms. The lowest BCUT2D eigenvalue weighted by Crippen LogP contribution is -2.20. The van der Waals surface area contributed by atoms with Crippen molar-refractivity contribution in [1.29, 1.82) is 0 Å². The maximum absolute atomic E-state index is 12.4. The van der Waals surface area contributed by atoms with Gasteiger partial charge < -0.3 is 0 Å². The van der Waals surface area contributed by atoms with E-state index in [-0.39, 0.29) is 22.4 Å². The molecule has 4 aromatic rings. The smallest absolute Gasteiger partial charge is 0.272 e. The van der Waals surface area contributed by atoms with Gasteiger partial charge in [0.05, 0.1) is 16.9 Å². The zero-order valence-electron chi connectivity index (χ0n) is 19.4. The van der Waals surface area contributed by atoms with E-state index in [2.05, 4.69) is 20.7 Å². The third-order valence-electron chi connectivity index (χ3n) is 5.14. The van der Waals surface area contributed by atoms with Gasteiger partial charge in [0, 0.05) is 22.9 Å². The molecule has 1 amide bonds. The van der Waals surface area contributed by atoms with Gasteiger partial charge in [0.2, 0.25) is 0 Å². The Hall–Kier alpha value is -4.02. The lowest BCUT2D eigenvalue weighted by molar-refractivity contribution is -0.384. The number of nitro groups is 1. The first-order chi connectivity index (χ1) is 17.3. The van der Waals surface area contributed by atoms with Crippen LogP contribution < -0.4 is 5.43 Å². The van der Waals surface area contributed by atoms with Gasteiger partial charge >= 0.3 is 0 Å². The highest BCUT2D eigenvalue weighted by Crippen LogP contribution is 2.28. The van der Waals surface area contributed by atoms with E-state index < -0.39 is 4.92 Å². The summed E-state index contributed by atoms with van der Waals surface area (Å²) in [7, 11) is 0. The van der Waals surface area contributed by atoms with Gasteiger partial charge in [-0.1, -0.05) is 77.0 Å². The molecule has 1 aromatic heterocycles. The van der Waals surface area contributed by atoms with Gasteiger partial charge in [-0.25, -0.2) is 5.43 Å². The number of nitro benzene ring substituents is 1. The van der Waals surface area contributed by atoms with Crippen LogP contribution in [0.25, 0.3) is 17.1 Å². The highest BCUT2D eigenvalue weighted by molar-refractivity contribution is 7.99. The van der Waals surface area contributed by atoms with Crippen molar-refractivity contribution >= 4 is 41.2 Å². The fourth-order valence-corrected chi connectivity index (χ4v) is 4.20. The molecule has 0 unspecified atom stereocenters. The maximum atomic E-state index is 12.4. The van der Waals surface area contributed by atoms with Crippen LogP contribution in [0.1, 0.15) is 16.7 Å². The molecule has 0 atom stereocenters. The SMILES string of the molecule is Cc1ccc(-c2nnc(SCC(=O)N/N=C\c3ccc(Cl)c([N+](=O)[O-])c3)n2-c2ccc(C)cc2)cc1. The Kier molecular flexibility index (Phi) is 7.77. The second-order valence-electron chi connectivity index (χ2n) is 7.89. The molecular weight excluding hydrogens is 500 g/mol. The molecule has 182 valence electrons. The minimum Gasteiger partial charge on any atom is -0.272 e. The van der Waals surface area contributed by atoms with Crippen LogP contribution in [-0.2, 0) is 4.79 Å². The predicted octanol–water partition coefficient (Wildman–Crippen LogP) is 5.36. The van der Waals surface area contributed by atoms with Gasteiger partial charge in [0.25, 0.3) is 11.6 Å². The number of hydrazone groups is 1. The van der Waals surface area contributed by atoms with Gasteiger partial charge in [0.1, 0.15) is 5.02 Å². The number of halogens is 1. The minimum absolute atomic E-state index is 0.0280. The molecule has 36 heavy (non-hydrogen) atoms. The number of aromatic nitrogens is 3. The molecular formula is C25H21ClN6O3S. The molecule has 0 fully saturated rings. The van der Waals surface area contributed by atoms with Gasteiger partial charge in [-0.2, -0.15) is 5.10 Å². The number of thioether (sulfide) groups is 1. The van der Waals surface area contributed by atoms with Crippen LogP contribution in [0, 0.1) is 24.0 Å². The standard InChI is InChI=1S/C25H21ClN6O3S/c1-16-3-8-19(9-4-16)24-29-30-25(31(24)20-10-5-17(2)6-11-20)36-15-23(33)28-27-14-18-7-12-21(26)22(13-18)32(34)35/h3-14H,15H2,1-2H3,(H,28,33)/b27-14-. The van der Waals surface area contributed by atoms with Crippen molar-refractivity contribution in [3.8, 4) is 17.1 Å². The molecule has 3 aromatic carbocycles. The third kappa shape index (κ3) is 5.96. The minimum atomic E-state index is -0.579. The van der Waals surface area contributed by atoms with E-state index in [1.54, 1.807) is 6.07 Å².